The molecule has 0 spiro atoms. The van der Waals surface area contributed by atoms with E-state index in [0.717, 1.165) is 5.56 Å². The fraction of sp³-hybridized carbons (Fsp3) is 0.421. The molecular formula is C19H21ClN2O6. The predicted octanol–water partition coefficient (Wildman–Crippen LogP) is 1.45. The molecule has 2 aromatic rings. The van der Waals surface area contributed by atoms with Gasteiger partial charge in [-0.3, -0.25) is 9.59 Å². The zero-order valence-corrected chi connectivity index (χ0v) is 16.5. The monoisotopic (exact) mass is 408 g/mol. The second-order valence-electron chi connectivity index (χ2n) is 6.56. The highest BCUT2D eigenvalue weighted by Crippen LogP contribution is 2.31. The Morgan fingerprint density at radius 2 is 1.96 bits per heavy atom. The number of hydrogen-bond acceptors (Lipinski definition) is 6. The molecule has 1 aromatic heterocycles. The summed E-state index contributed by atoms with van der Waals surface area (Å²) in [6.45, 7) is 3.49. The number of benzene rings is 1. The van der Waals surface area contributed by atoms with Crippen molar-refractivity contribution in [2.75, 3.05) is 46.5 Å². The van der Waals surface area contributed by atoms with Crippen LogP contribution in [0.3, 0.4) is 0 Å². The summed E-state index contributed by atoms with van der Waals surface area (Å²) in [5.41, 5.74) is 0.584. The van der Waals surface area contributed by atoms with Crippen molar-refractivity contribution in [1.82, 2.24) is 9.80 Å². The number of amides is 2. The van der Waals surface area contributed by atoms with Crippen LogP contribution >= 0.6 is 11.6 Å². The van der Waals surface area contributed by atoms with Gasteiger partial charge in [0.05, 0.1) is 24.8 Å². The highest BCUT2D eigenvalue weighted by molar-refractivity contribution is 6.32. The number of halogens is 1. The molecule has 1 aliphatic heterocycles. The van der Waals surface area contributed by atoms with E-state index < -0.39 is 5.63 Å². The normalized spacial score (nSPS) is 14.2. The van der Waals surface area contributed by atoms with E-state index in [4.69, 9.17) is 25.5 Å². The molecule has 1 aromatic carbocycles. The molecule has 1 aliphatic rings. The summed E-state index contributed by atoms with van der Waals surface area (Å²) >= 11 is 6.22. The van der Waals surface area contributed by atoms with Crippen molar-refractivity contribution in [3.8, 4) is 5.75 Å². The van der Waals surface area contributed by atoms with Gasteiger partial charge in [0, 0.05) is 37.7 Å². The van der Waals surface area contributed by atoms with Crippen molar-refractivity contribution in [2.45, 2.75) is 6.92 Å². The van der Waals surface area contributed by atoms with E-state index >= 15 is 0 Å². The standard InChI is InChI=1S/C19H21ClN2O6/c1-12-7-19(25)28-15-9-16(14(20)8-13(12)15)27-11-18(24)21(2)10-17(23)22-3-5-26-6-4-22/h7-9H,3-6,10-11H2,1-2H3. The summed E-state index contributed by atoms with van der Waals surface area (Å²) in [6.07, 6.45) is 0. The summed E-state index contributed by atoms with van der Waals surface area (Å²) in [7, 11) is 1.54. The number of carbonyl (C=O) groups excluding carboxylic acids is 2. The molecule has 0 radical (unpaired) electrons. The molecule has 1 saturated heterocycles. The van der Waals surface area contributed by atoms with E-state index in [2.05, 4.69) is 0 Å². The number of carbonyl (C=O) groups is 2. The van der Waals surface area contributed by atoms with Crippen molar-refractivity contribution >= 4 is 34.4 Å². The first-order valence-electron chi connectivity index (χ1n) is 8.81. The van der Waals surface area contributed by atoms with E-state index in [0.29, 0.717) is 42.3 Å². The topological polar surface area (TPSA) is 89.3 Å². The first-order valence-corrected chi connectivity index (χ1v) is 9.19. The van der Waals surface area contributed by atoms with Gasteiger partial charge in [-0.25, -0.2) is 4.79 Å². The Balaban J connectivity index is 1.62. The summed E-state index contributed by atoms with van der Waals surface area (Å²) in [6, 6.07) is 4.49. The number of rotatable bonds is 5. The molecule has 0 unspecified atom stereocenters. The van der Waals surface area contributed by atoms with Crippen LogP contribution in [0.1, 0.15) is 5.56 Å². The Hall–Kier alpha value is -2.58. The summed E-state index contributed by atoms with van der Waals surface area (Å²) in [5.74, 6) is -0.284. The molecule has 0 N–H and O–H groups in total. The summed E-state index contributed by atoms with van der Waals surface area (Å²) in [5, 5.41) is 0.987. The Labute approximate surface area is 166 Å². The number of likely N-dealkylation sites (N-methyl/N-ethyl adjacent to an activating group) is 1. The Morgan fingerprint density at radius 3 is 2.68 bits per heavy atom. The number of nitrogens with zero attached hydrogens (tertiary/aromatic N) is 2. The second-order valence-corrected chi connectivity index (χ2v) is 6.97. The second kappa shape index (κ2) is 8.62. The van der Waals surface area contributed by atoms with E-state index in [-0.39, 0.29) is 30.7 Å². The van der Waals surface area contributed by atoms with Crippen LogP contribution in [-0.2, 0) is 14.3 Å². The number of morpholine rings is 1. The lowest BCUT2D eigenvalue weighted by molar-refractivity contribution is -0.142. The maximum absolute atomic E-state index is 12.3. The van der Waals surface area contributed by atoms with Crippen LogP contribution in [0.15, 0.2) is 27.4 Å². The molecule has 0 aliphatic carbocycles. The lowest BCUT2D eigenvalue weighted by Crippen LogP contribution is -2.46. The van der Waals surface area contributed by atoms with E-state index in [1.54, 1.807) is 17.9 Å². The van der Waals surface area contributed by atoms with Gasteiger partial charge in [-0.1, -0.05) is 11.6 Å². The quantitative estimate of drug-likeness (QED) is 0.696. The average molecular weight is 409 g/mol. The first kappa shape index (κ1) is 20.2. The number of ether oxygens (including phenoxy) is 2. The van der Waals surface area contributed by atoms with Crippen LogP contribution in [0.2, 0.25) is 5.02 Å². The van der Waals surface area contributed by atoms with Crippen LogP contribution in [0, 0.1) is 6.92 Å². The molecule has 28 heavy (non-hydrogen) atoms. The highest BCUT2D eigenvalue weighted by atomic mass is 35.5. The number of fused-ring (bicyclic) bond motifs is 1. The maximum atomic E-state index is 12.3. The molecular weight excluding hydrogens is 388 g/mol. The fourth-order valence-corrected chi connectivity index (χ4v) is 3.10. The Bertz CT molecular complexity index is 951. The minimum atomic E-state index is -0.476. The van der Waals surface area contributed by atoms with Gasteiger partial charge in [-0.05, 0) is 18.6 Å². The molecule has 0 saturated carbocycles. The third-order valence-electron chi connectivity index (χ3n) is 4.52. The molecule has 2 heterocycles. The van der Waals surface area contributed by atoms with Gasteiger partial charge in [0.2, 0.25) is 5.91 Å². The van der Waals surface area contributed by atoms with Gasteiger partial charge in [0.1, 0.15) is 11.3 Å². The van der Waals surface area contributed by atoms with Gasteiger partial charge < -0.3 is 23.7 Å². The highest BCUT2D eigenvalue weighted by Gasteiger charge is 2.21. The molecule has 8 nitrogen and oxygen atoms in total. The fourth-order valence-electron chi connectivity index (χ4n) is 2.88. The molecule has 150 valence electrons. The Morgan fingerprint density at radius 1 is 1.25 bits per heavy atom. The van der Waals surface area contributed by atoms with Gasteiger partial charge in [-0.2, -0.15) is 0 Å². The van der Waals surface area contributed by atoms with Crippen LogP contribution in [0.5, 0.6) is 5.75 Å². The summed E-state index contributed by atoms with van der Waals surface area (Å²) in [4.78, 5) is 39.0. The minimum Gasteiger partial charge on any atom is -0.482 e. The van der Waals surface area contributed by atoms with Crippen LogP contribution < -0.4 is 10.4 Å². The number of hydrogen-bond donors (Lipinski definition) is 0. The summed E-state index contributed by atoms with van der Waals surface area (Å²) < 4.78 is 15.9. The van der Waals surface area contributed by atoms with Crippen LogP contribution in [0.4, 0.5) is 0 Å². The molecule has 9 heteroatoms. The smallest absolute Gasteiger partial charge is 0.336 e. The first-order chi connectivity index (χ1) is 13.3. The molecule has 2 amide bonds. The third-order valence-corrected chi connectivity index (χ3v) is 4.81. The zero-order chi connectivity index (χ0) is 20.3. The SMILES string of the molecule is Cc1cc(=O)oc2cc(OCC(=O)N(C)CC(=O)N3CCOCC3)c(Cl)cc12. The third kappa shape index (κ3) is 4.63. The predicted molar refractivity (Wildman–Crippen MR) is 103 cm³/mol. The van der Waals surface area contributed by atoms with Crippen molar-refractivity contribution < 1.29 is 23.5 Å². The van der Waals surface area contributed by atoms with Gasteiger partial charge in [0.15, 0.2) is 6.61 Å². The minimum absolute atomic E-state index is 0.0400. The van der Waals surface area contributed by atoms with Crippen molar-refractivity contribution in [3.63, 3.8) is 0 Å². The van der Waals surface area contributed by atoms with Gasteiger partial charge in [0.25, 0.3) is 5.91 Å². The van der Waals surface area contributed by atoms with E-state index in [1.807, 2.05) is 0 Å². The zero-order valence-electron chi connectivity index (χ0n) is 15.7. The van der Waals surface area contributed by atoms with Crippen molar-refractivity contribution in [2.24, 2.45) is 0 Å². The molecule has 3 rings (SSSR count). The van der Waals surface area contributed by atoms with Gasteiger partial charge in [-0.15, -0.1) is 0 Å². The molecule has 1 fully saturated rings. The van der Waals surface area contributed by atoms with E-state index in [9.17, 15) is 14.4 Å². The van der Waals surface area contributed by atoms with Crippen LogP contribution in [-0.4, -0.2) is 68.1 Å². The lowest BCUT2D eigenvalue weighted by atomic mass is 10.1. The Kier molecular flexibility index (Phi) is 6.21. The van der Waals surface area contributed by atoms with Gasteiger partial charge >= 0.3 is 5.63 Å². The van der Waals surface area contributed by atoms with Crippen molar-refractivity contribution in [1.29, 1.82) is 0 Å². The average Bonchev–Trinajstić information content (AvgIpc) is 2.67. The molecule has 0 atom stereocenters. The lowest BCUT2D eigenvalue weighted by Gasteiger charge is -2.28. The maximum Gasteiger partial charge on any atom is 0.336 e. The number of aryl methyl sites for hydroxylation is 1. The van der Waals surface area contributed by atoms with Crippen molar-refractivity contribution in [3.05, 3.63) is 39.2 Å². The molecule has 0 bridgehead atoms. The van der Waals surface area contributed by atoms with Crippen LogP contribution in [0.25, 0.3) is 11.0 Å². The van der Waals surface area contributed by atoms with E-state index in [1.165, 1.54) is 24.1 Å². The largest absolute Gasteiger partial charge is 0.482 e.